The van der Waals surface area contributed by atoms with Crippen molar-refractivity contribution in [3.63, 3.8) is 0 Å². The maximum absolute atomic E-state index is 12.5. The Bertz CT molecular complexity index is 823. The van der Waals surface area contributed by atoms with E-state index in [4.69, 9.17) is 11.6 Å². The summed E-state index contributed by atoms with van der Waals surface area (Å²) in [5.74, 6) is -0.841. The van der Waals surface area contributed by atoms with Gasteiger partial charge in [0, 0.05) is 23.7 Å². The van der Waals surface area contributed by atoms with Gasteiger partial charge >= 0.3 is 0 Å². The van der Waals surface area contributed by atoms with Crippen LogP contribution in [0.3, 0.4) is 0 Å². The predicted molar refractivity (Wildman–Crippen MR) is 114 cm³/mol. The number of carbonyl (C=O) groups is 3. The van der Waals surface area contributed by atoms with Gasteiger partial charge in [-0.05, 0) is 35.7 Å². The summed E-state index contributed by atoms with van der Waals surface area (Å²) in [6.45, 7) is 4.30. The minimum absolute atomic E-state index is 0.0982. The van der Waals surface area contributed by atoms with Crippen molar-refractivity contribution in [2.75, 3.05) is 13.1 Å². The highest BCUT2D eigenvalue weighted by Gasteiger charge is 2.24. The first kappa shape index (κ1) is 22.4. The summed E-state index contributed by atoms with van der Waals surface area (Å²) in [5, 5.41) is 8.82. The Kier molecular flexibility index (Phi) is 8.68. The number of rotatable bonds is 9. The standard InChI is InChI=1S/C22H26ClN3O3/c1-15(2)20(26-21(28)17-8-10-18(23)11-9-17)22(29)25-13-12-24-19(27)14-16-6-4-3-5-7-16/h3-11,15,20H,12-14H2,1-2H3,(H,24,27)(H,25,29)(H,26,28). The normalized spacial score (nSPS) is 11.6. The highest BCUT2D eigenvalue weighted by Crippen LogP contribution is 2.10. The van der Waals surface area contributed by atoms with Gasteiger partial charge < -0.3 is 16.0 Å². The first-order valence-electron chi connectivity index (χ1n) is 9.51. The van der Waals surface area contributed by atoms with Gasteiger partial charge in [-0.2, -0.15) is 0 Å². The summed E-state index contributed by atoms with van der Waals surface area (Å²) in [6.07, 6.45) is 0.292. The molecular weight excluding hydrogens is 390 g/mol. The SMILES string of the molecule is CC(C)C(NC(=O)c1ccc(Cl)cc1)C(=O)NCCNC(=O)Cc1ccccc1. The van der Waals surface area contributed by atoms with Crippen LogP contribution < -0.4 is 16.0 Å². The zero-order valence-corrected chi connectivity index (χ0v) is 17.3. The van der Waals surface area contributed by atoms with E-state index in [-0.39, 0.29) is 30.2 Å². The first-order valence-corrected chi connectivity index (χ1v) is 9.89. The molecule has 3 amide bonds. The largest absolute Gasteiger partial charge is 0.354 e. The third-order valence-corrected chi connectivity index (χ3v) is 4.55. The number of benzene rings is 2. The fraction of sp³-hybridized carbons (Fsp3) is 0.318. The predicted octanol–water partition coefficient (Wildman–Crippen LogP) is 2.57. The van der Waals surface area contributed by atoms with Crippen LogP contribution in [0.5, 0.6) is 0 Å². The van der Waals surface area contributed by atoms with Crippen molar-refractivity contribution in [1.82, 2.24) is 16.0 Å². The molecule has 1 unspecified atom stereocenters. The molecule has 2 aromatic rings. The van der Waals surface area contributed by atoms with Crippen molar-refractivity contribution in [2.24, 2.45) is 5.92 Å². The zero-order valence-electron chi connectivity index (χ0n) is 16.6. The third-order valence-electron chi connectivity index (χ3n) is 4.30. The molecule has 2 rings (SSSR count). The monoisotopic (exact) mass is 415 g/mol. The second-order valence-corrected chi connectivity index (χ2v) is 7.44. The first-order chi connectivity index (χ1) is 13.9. The number of hydrogen-bond donors (Lipinski definition) is 3. The average Bonchev–Trinajstić information content (AvgIpc) is 2.70. The zero-order chi connectivity index (χ0) is 21.2. The molecule has 0 spiro atoms. The van der Waals surface area contributed by atoms with Crippen molar-refractivity contribution in [1.29, 1.82) is 0 Å². The molecule has 29 heavy (non-hydrogen) atoms. The summed E-state index contributed by atoms with van der Waals surface area (Å²) in [7, 11) is 0. The second-order valence-electron chi connectivity index (χ2n) is 7.01. The second kappa shape index (κ2) is 11.2. The summed E-state index contributed by atoms with van der Waals surface area (Å²) in [6, 6.07) is 15.2. The van der Waals surface area contributed by atoms with Crippen molar-refractivity contribution in [3.8, 4) is 0 Å². The van der Waals surface area contributed by atoms with E-state index in [0.29, 0.717) is 23.6 Å². The molecule has 0 saturated heterocycles. The van der Waals surface area contributed by atoms with Crippen LogP contribution in [0.15, 0.2) is 54.6 Å². The summed E-state index contributed by atoms with van der Waals surface area (Å²) in [4.78, 5) is 36.8. The van der Waals surface area contributed by atoms with Gasteiger partial charge in [-0.15, -0.1) is 0 Å². The fourth-order valence-corrected chi connectivity index (χ4v) is 2.83. The maximum Gasteiger partial charge on any atom is 0.251 e. The van der Waals surface area contributed by atoms with E-state index >= 15 is 0 Å². The maximum atomic E-state index is 12.5. The lowest BCUT2D eigenvalue weighted by molar-refractivity contribution is -0.124. The Morgan fingerprint density at radius 3 is 2.14 bits per heavy atom. The molecule has 1 atom stereocenters. The van der Waals surface area contributed by atoms with Crippen LogP contribution in [0.1, 0.15) is 29.8 Å². The van der Waals surface area contributed by atoms with Crippen molar-refractivity contribution >= 4 is 29.3 Å². The van der Waals surface area contributed by atoms with Gasteiger partial charge in [-0.25, -0.2) is 0 Å². The third kappa shape index (κ3) is 7.58. The topological polar surface area (TPSA) is 87.3 Å². The van der Waals surface area contributed by atoms with E-state index < -0.39 is 6.04 Å². The molecule has 0 bridgehead atoms. The smallest absolute Gasteiger partial charge is 0.251 e. The van der Waals surface area contributed by atoms with E-state index in [1.165, 1.54) is 0 Å². The molecule has 7 heteroatoms. The minimum Gasteiger partial charge on any atom is -0.354 e. The van der Waals surface area contributed by atoms with Crippen LogP contribution in [0.25, 0.3) is 0 Å². The van der Waals surface area contributed by atoms with E-state index in [2.05, 4.69) is 16.0 Å². The molecule has 0 fully saturated rings. The van der Waals surface area contributed by atoms with Gasteiger partial charge in [-0.3, -0.25) is 14.4 Å². The quantitative estimate of drug-likeness (QED) is 0.550. The molecule has 0 radical (unpaired) electrons. The minimum atomic E-state index is -0.682. The van der Waals surface area contributed by atoms with Gasteiger partial charge in [0.15, 0.2) is 0 Å². The number of hydrogen-bond acceptors (Lipinski definition) is 3. The van der Waals surface area contributed by atoms with Crippen molar-refractivity contribution in [2.45, 2.75) is 26.3 Å². The van der Waals surface area contributed by atoms with Gasteiger partial charge in [0.2, 0.25) is 11.8 Å². The van der Waals surface area contributed by atoms with Crippen LogP contribution in [0.4, 0.5) is 0 Å². The lowest BCUT2D eigenvalue weighted by atomic mass is 10.0. The molecule has 0 aliphatic carbocycles. The lowest BCUT2D eigenvalue weighted by Crippen LogP contribution is -2.50. The summed E-state index contributed by atoms with van der Waals surface area (Å²) >= 11 is 5.84. The highest BCUT2D eigenvalue weighted by molar-refractivity contribution is 6.30. The molecule has 0 aromatic heterocycles. The van der Waals surface area contributed by atoms with Gasteiger partial charge in [-0.1, -0.05) is 55.8 Å². The molecular formula is C22H26ClN3O3. The van der Waals surface area contributed by atoms with Crippen LogP contribution in [-0.4, -0.2) is 36.9 Å². The van der Waals surface area contributed by atoms with Gasteiger partial charge in [0.05, 0.1) is 6.42 Å². The Hall–Kier alpha value is -2.86. The molecule has 0 aliphatic heterocycles. The number of carbonyl (C=O) groups excluding carboxylic acids is 3. The molecule has 2 aromatic carbocycles. The average molecular weight is 416 g/mol. The van der Waals surface area contributed by atoms with E-state index in [0.717, 1.165) is 5.56 Å². The molecule has 154 valence electrons. The van der Waals surface area contributed by atoms with E-state index in [1.54, 1.807) is 24.3 Å². The van der Waals surface area contributed by atoms with Crippen molar-refractivity contribution in [3.05, 3.63) is 70.7 Å². The van der Waals surface area contributed by atoms with Gasteiger partial charge in [0.25, 0.3) is 5.91 Å². The molecule has 0 aliphatic rings. The number of amides is 3. The van der Waals surface area contributed by atoms with Crippen LogP contribution >= 0.6 is 11.6 Å². The van der Waals surface area contributed by atoms with Crippen LogP contribution in [0, 0.1) is 5.92 Å². The number of nitrogens with one attached hydrogen (secondary N) is 3. The number of halogens is 1. The van der Waals surface area contributed by atoms with Crippen LogP contribution in [-0.2, 0) is 16.0 Å². The molecule has 3 N–H and O–H groups in total. The Labute approximate surface area is 176 Å². The Morgan fingerprint density at radius 2 is 1.52 bits per heavy atom. The fourth-order valence-electron chi connectivity index (χ4n) is 2.70. The highest BCUT2D eigenvalue weighted by atomic mass is 35.5. The van der Waals surface area contributed by atoms with Crippen LogP contribution in [0.2, 0.25) is 5.02 Å². The Morgan fingerprint density at radius 1 is 0.897 bits per heavy atom. The van der Waals surface area contributed by atoms with E-state index in [9.17, 15) is 14.4 Å². The van der Waals surface area contributed by atoms with E-state index in [1.807, 2.05) is 44.2 Å². The summed E-state index contributed by atoms with van der Waals surface area (Å²) in [5.41, 5.74) is 1.36. The van der Waals surface area contributed by atoms with Crippen molar-refractivity contribution < 1.29 is 14.4 Å². The molecule has 0 saturated carbocycles. The molecule has 6 nitrogen and oxygen atoms in total. The molecule has 0 heterocycles. The van der Waals surface area contributed by atoms with Gasteiger partial charge in [0.1, 0.15) is 6.04 Å². The lowest BCUT2D eigenvalue weighted by Gasteiger charge is -2.22. The Balaban J connectivity index is 1.78. The summed E-state index contributed by atoms with van der Waals surface area (Å²) < 4.78 is 0.